The van der Waals surface area contributed by atoms with Gasteiger partial charge in [0.05, 0.1) is 9.80 Å². The second kappa shape index (κ2) is 3.87. The van der Waals surface area contributed by atoms with E-state index in [2.05, 4.69) is 37.3 Å². The zero-order chi connectivity index (χ0) is 11.0. The summed E-state index contributed by atoms with van der Waals surface area (Å²) < 4.78 is 5.88. The normalized spacial score (nSPS) is 22.2. The SMILES string of the molecule is CC1C=CC2=C(C=C1)Sc1ccccc1O2. The molecule has 2 heteroatoms. The molecule has 0 spiro atoms. The molecule has 0 aromatic heterocycles. The fourth-order valence-corrected chi connectivity index (χ4v) is 2.68. The lowest BCUT2D eigenvalue weighted by Crippen LogP contribution is -2.00. The molecule has 1 aromatic carbocycles. The minimum Gasteiger partial charge on any atom is -0.455 e. The summed E-state index contributed by atoms with van der Waals surface area (Å²) in [4.78, 5) is 2.38. The minimum absolute atomic E-state index is 0.470. The summed E-state index contributed by atoms with van der Waals surface area (Å²) in [6, 6.07) is 8.15. The third kappa shape index (κ3) is 1.69. The molecule has 1 nitrogen and oxygen atoms in total. The van der Waals surface area contributed by atoms with E-state index in [4.69, 9.17) is 4.74 Å². The molecule has 16 heavy (non-hydrogen) atoms. The van der Waals surface area contributed by atoms with Gasteiger partial charge in [-0.1, -0.05) is 43.0 Å². The van der Waals surface area contributed by atoms with Crippen LogP contribution in [0.3, 0.4) is 0 Å². The van der Waals surface area contributed by atoms with Gasteiger partial charge >= 0.3 is 0 Å². The molecular formula is C14H12OS. The predicted octanol–water partition coefficient (Wildman–Crippen LogP) is 4.14. The molecule has 1 aromatic rings. The number of rotatable bonds is 0. The van der Waals surface area contributed by atoms with Crippen molar-refractivity contribution < 1.29 is 4.74 Å². The van der Waals surface area contributed by atoms with Crippen molar-refractivity contribution in [1.29, 1.82) is 0 Å². The highest BCUT2D eigenvalue weighted by Crippen LogP contribution is 2.42. The van der Waals surface area contributed by atoms with Crippen LogP contribution in [0.25, 0.3) is 0 Å². The van der Waals surface area contributed by atoms with E-state index in [9.17, 15) is 0 Å². The van der Waals surface area contributed by atoms with Crippen molar-refractivity contribution in [3.8, 4) is 5.75 Å². The van der Waals surface area contributed by atoms with Crippen molar-refractivity contribution in [2.24, 2.45) is 5.92 Å². The van der Waals surface area contributed by atoms with Crippen LogP contribution in [0, 0.1) is 5.92 Å². The van der Waals surface area contributed by atoms with E-state index < -0.39 is 0 Å². The lowest BCUT2D eigenvalue weighted by molar-refractivity contribution is 0.429. The molecule has 0 radical (unpaired) electrons. The summed E-state index contributed by atoms with van der Waals surface area (Å²) in [7, 11) is 0. The van der Waals surface area contributed by atoms with Crippen LogP contribution >= 0.6 is 11.8 Å². The summed E-state index contributed by atoms with van der Waals surface area (Å²) in [5.41, 5.74) is 0. The van der Waals surface area contributed by atoms with E-state index in [0.717, 1.165) is 11.5 Å². The molecule has 80 valence electrons. The van der Waals surface area contributed by atoms with Crippen LogP contribution in [0.1, 0.15) is 6.92 Å². The average Bonchev–Trinajstić information content (AvgIpc) is 2.49. The monoisotopic (exact) mass is 228 g/mol. The van der Waals surface area contributed by atoms with E-state index in [1.54, 1.807) is 11.8 Å². The summed E-state index contributed by atoms with van der Waals surface area (Å²) in [5, 5.41) is 0. The Morgan fingerprint density at radius 2 is 1.94 bits per heavy atom. The third-order valence-corrected chi connectivity index (χ3v) is 3.75. The highest BCUT2D eigenvalue weighted by atomic mass is 32.2. The molecule has 0 bridgehead atoms. The highest BCUT2D eigenvalue weighted by Gasteiger charge is 2.18. The zero-order valence-electron chi connectivity index (χ0n) is 9.01. The lowest BCUT2D eigenvalue weighted by Gasteiger charge is -2.18. The summed E-state index contributed by atoms with van der Waals surface area (Å²) in [6.07, 6.45) is 8.58. The number of allylic oxidation sites excluding steroid dienone is 4. The second-order valence-corrected chi connectivity index (χ2v) is 5.04. The van der Waals surface area contributed by atoms with Gasteiger partial charge in [0, 0.05) is 0 Å². The molecule has 0 fully saturated rings. The molecule has 0 N–H and O–H groups in total. The Bertz CT molecular complexity index is 466. The number of thioether (sulfide) groups is 1. The number of hydrogen-bond donors (Lipinski definition) is 0. The first kappa shape index (κ1) is 9.79. The van der Waals surface area contributed by atoms with Gasteiger partial charge < -0.3 is 4.74 Å². The number of fused-ring (bicyclic) bond motifs is 1. The zero-order valence-corrected chi connectivity index (χ0v) is 9.83. The average molecular weight is 228 g/mol. The quantitative estimate of drug-likeness (QED) is 0.660. The van der Waals surface area contributed by atoms with Crippen LogP contribution in [0.15, 0.2) is 64.1 Å². The number of para-hydroxylation sites is 1. The molecule has 0 saturated carbocycles. The molecule has 1 aliphatic carbocycles. The van der Waals surface area contributed by atoms with Crippen LogP contribution < -0.4 is 4.74 Å². The highest BCUT2D eigenvalue weighted by molar-refractivity contribution is 8.03. The van der Waals surface area contributed by atoms with E-state index >= 15 is 0 Å². The van der Waals surface area contributed by atoms with Gasteiger partial charge in [0.1, 0.15) is 11.5 Å². The van der Waals surface area contributed by atoms with Crippen LogP contribution in [0.5, 0.6) is 5.75 Å². The van der Waals surface area contributed by atoms with Crippen LogP contribution in [0.2, 0.25) is 0 Å². The molecule has 2 aliphatic rings. The fraction of sp³-hybridized carbons (Fsp3) is 0.143. The molecule has 0 amide bonds. The van der Waals surface area contributed by atoms with Gasteiger partial charge in [0.2, 0.25) is 0 Å². The second-order valence-electron chi connectivity index (χ2n) is 3.96. The van der Waals surface area contributed by atoms with Gasteiger partial charge in [0.15, 0.2) is 0 Å². The first-order chi connectivity index (χ1) is 7.83. The van der Waals surface area contributed by atoms with Crippen LogP contribution in [-0.2, 0) is 0 Å². The predicted molar refractivity (Wildman–Crippen MR) is 67.4 cm³/mol. The van der Waals surface area contributed by atoms with Gasteiger partial charge in [0.25, 0.3) is 0 Å². The Hall–Kier alpha value is -1.41. The van der Waals surface area contributed by atoms with Gasteiger partial charge in [-0.3, -0.25) is 0 Å². The van der Waals surface area contributed by atoms with Crippen molar-refractivity contribution in [3.05, 3.63) is 59.2 Å². The lowest BCUT2D eigenvalue weighted by atomic mass is 10.2. The first-order valence-corrected chi connectivity index (χ1v) is 6.20. The van der Waals surface area contributed by atoms with Gasteiger partial charge in [-0.2, -0.15) is 0 Å². The van der Waals surface area contributed by atoms with Crippen molar-refractivity contribution in [2.45, 2.75) is 11.8 Å². The van der Waals surface area contributed by atoms with E-state index in [1.807, 2.05) is 18.2 Å². The summed E-state index contributed by atoms with van der Waals surface area (Å²) in [6.45, 7) is 2.17. The van der Waals surface area contributed by atoms with Crippen LogP contribution in [-0.4, -0.2) is 0 Å². The fourth-order valence-electron chi connectivity index (χ4n) is 1.73. The Kier molecular flexibility index (Phi) is 2.37. The smallest absolute Gasteiger partial charge is 0.141 e. The Balaban J connectivity index is 2.02. The van der Waals surface area contributed by atoms with Crippen LogP contribution in [0.4, 0.5) is 0 Å². The van der Waals surface area contributed by atoms with Gasteiger partial charge in [-0.05, 0) is 30.2 Å². The molecule has 1 unspecified atom stereocenters. The molecule has 1 aliphatic heterocycles. The Morgan fingerprint density at radius 3 is 2.88 bits per heavy atom. The largest absolute Gasteiger partial charge is 0.455 e. The summed E-state index contributed by atoms with van der Waals surface area (Å²) in [5.74, 6) is 2.39. The topological polar surface area (TPSA) is 9.23 Å². The number of hydrogen-bond acceptors (Lipinski definition) is 2. The first-order valence-electron chi connectivity index (χ1n) is 5.38. The van der Waals surface area contributed by atoms with E-state index in [0.29, 0.717) is 5.92 Å². The number of benzene rings is 1. The maximum absolute atomic E-state index is 5.88. The maximum atomic E-state index is 5.88. The van der Waals surface area contributed by atoms with Crippen molar-refractivity contribution in [2.75, 3.05) is 0 Å². The van der Waals surface area contributed by atoms with Gasteiger partial charge in [-0.15, -0.1) is 0 Å². The Labute approximate surface area is 99.5 Å². The van der Waals surface area contributed by atoms with Gasteiger partial charge in [-0.25, -0.2) is 0 Å². The van der Waals surface area contributed by atoms with E-state index in [1.165, 1.54) is 9.80 Å². The standard InChI is InChI=1S/C14H12OS/c1-10-6-8-12-14(9-7-10)16-13-5-3-2-4-11(13)15-12/h2-10H,1H3. The van der Waals surface area contributed by atoms with Crippen molar-refractivity contribution >= 4 is 11.8 Å². The molecule has 1 heterocycles. The molecule has 0 saturated heterocycles. The minimum atomic E-state index is 0.470. The van der Waals surface area contributed by atoms with E-state index in [-0.39, 0.29) is 0 Å². The maximum Gasteiger partial charge on any atom is 0.141 e. The van der Waals surface area contributed by atoms with Crippen molar-refractivity contribution in [1.82, 2.24) is 0 Å². The molecule has 1 atom stereocenters. The summed E-state index contributed by atoms with van der Waals surface area (Å²) >= 11 is 1.77. The molecular weight excluding hydrogens is 216 g/mol. The number of ether oxygens (including phenoxy) is 1. The third-order valence-electron chi connectivity index (χ3n) is 2.63. The Morgan fingerprint density at radius 1 is 1.12 bits per heavy atom. The van der Waals surface area contributed by atoms with Crippen molar-refractivity contribution in [3.63, 3.8) is 0 Å². The molecule has 3 rings (SSSR count).